The van der Waals surface area contributed by atoms with Gasteiger partial charge in [-0.15, -0.1) is 0 Å². The van der Waals surface area contributed by atoms with E-state index in [1.54, 1.807) is 12.1 Å². The third-order valence-corrected chi connectivity index (χ3v) is 3.69. The van der Waals surface area contributed by atoms with Crippen molar-refractivity contribution in [2.45, 2.75) is 46.1 Å². The first-order valence-corrected chi connectivity index (χ1v) is 7.18. The number of aliphatic hydroxyl groups is 1. The molecule has 0 heterocycles. The van der Waals surface area contributed by atoms with Crippen LogP contribution >= 0.6 is 23.2 Å². The lowest BCUT2D eigenvalue weighted by molar-refractivity contribution is -0.00449. The molecule has 0 aliphatic carbocycles. The lowest BCUT2D eigenvalue weighted by Crippen LogP contribution is -2.29. The first-order chi connectivity index (χ1) is 8.24. The van der Waals surface area contributed by atoms with E-state index in [0.717, 1.165) is 18.4 Å². The maximum Gasteiger partial charge on any atom is 0.0902 e. The van der Waals surface area contributed by atoms with Gasteiger partial charge in [-0.2, -0.15) is 0 Å². The monoisotopic (exact) mass is 288 g/mol. The van der Waals surface area contributed by atoms with Crippen LogP contribution in [0.3, 0.4) is 0 Å². The van der Waals surface area contributed by atoms with Crippen LogP contribution in [0.4, 0.5) is 0 Å². The Balaban J connectivity index is 3.11. The van der Waals surface area contributed by atoms with Crippen molar-refractivity contribution in [2.75, 3.05) is 0 Å². The zero-order chi connectivity index (χ0) is 13.9. The number of rotatable bonds is 5. The highest BCUT2D eigenvalue weighted by Crippen LogP contribution is 2.37. The highest BCUT2D eigenvalue weighted by molar-refractivity contribution is 6.42. The fraction of sp³-hybridized carbons (Fsp3) is 0.600. The van der Waals surface area contributed by atoms with Gasteiger partial charge in [0, 0.05) is 0 Å². The first kappa shape index (κ1) is 15.8. The van der Waals surface area contributed by atoms with Gasteiger partial charge in [0.2, 0.25) is 0 Å². The summed E-state index contributed by atoms with van der Waals surface area (Å²) in [6.45, 7) is 8.46. The molecule has 18 heavy (non-hydrogen) atoms. The van der Waals surface area contributed by atoms with Crippen LogP contribution in [0.15, 0.2) is 18.2 Å². The van der Waals surface area contributed by atoms with Crippen molar-refractivity contribution in [3.8, 4) is 0 Å². The maximum atomic E-state index is 10.9. The fourth-order valence-corrected chi connectivity index (χ4v) is 2.75. The SMILES string of the molecule is CC(C)CC(O)(CC(C)C)c1ccc(Cl)c(Cl)c1. The summed E-state index contributed by atoms with van der Waals surface area (Å²) < 4.78 is 0. The summed E-state index contributed by atoms with van der Waals surface area (Å²) in [5, 5.41) is 12.0. The van der Waals surface area contributed by atoms with Gasteiger partial charge in [-0.1, -0.05) is 57.0 Å². The average Bonchev–Trinajstić information content (AvgIpc) is 2.19. The van der Waals surface area contributed by atoms with Crippen LogP contribution in [0.2, 0.25) is 10.0 Å². The average molecular weight is 289 g/mol. The molecule has 1 aromatic carbocycles. The van der Waals surface area contributed by atoms with Gasteiger partial charge >= 0.3 is 0 Å². The molecule has 0 spiro atoms. The van der Waals surface area contributed by atoms with Crippen LogP contribution in [0.25, 0.3) is 0 Å². The predicted molar refractivity (Wildman–Crippen MR) is 79.3 cm³/mol. The van der Waals surface area contributed by atoms with Gasteiger partial charge in [-0.3, -0.25) is 0 Å². The smallest absolute Gasteiger partial charge is 0.0902 e. The fourth-order valence-electron chi connectivity index (χ4n) is 2.46. The van der Waals surface area contributed by atoms with E-state index in [9.17, 15) is 5.11 Å². The third-order valence-electron chi connectivity index (χ3n) is 2.95. The molecule has 0 unspecified atom stereocenters. The summed E-state index contributed by atoms with van der Waals surface area (Å²) >= 11 is 12.0. The van der Waals surface area contributed by atoms with E-state index in [0.29, 0.717) is 21.9 Å². The van der Waals surface area contributed by atoms with Crippen molar-refractivity contribution < 1.29 is 5.11 Å². The maximum absolute atomic E-state index is 10.9. The minimum atomic E-state index is -0.823. The Morgan fingerprint density at radius 2 is 1.50 bits per heavy atom. The van der Waals surface area contributed by atoms with Crippen molar-refractivity contribution in [1.29, 1.82) is 0 Å². The predicted octanol–water partition coefficient (Wildman–Crippen LogP) is 5.27. The normalized spacial score (nSPS) is 12.5. The Morgan fingerprint density at radius 3 is 1.89 bits per heavy atom. The zero-order valence-electron chi connectivity index (χ0n) is 11.5. The van der Waals surface area contributed by atoms with Crippen LogP contribution in [-0.4, -0.2) is 5.11 Å². The summed E-state index contributed by atoms with van der Waals surface area (Å²) in [5.41, 5.74) is 0.0376. The highest BCUT2D eigenvalue weighted by Gasteiger charge is 2.31. The molecule has 1 aromatic rings. The topological polar surface area (TPSA) is 20.2 Å². The summed E-state index contributed by atoms with van der Waals surface area (Å²) in [7, 11) is 0. The van der Waals surface area contributed by atoms with E-state index in [1.165, 1.54) is 0 Å². The molecule has 3 heteroatoms. The van der Waals surface area contributed by atoms with Gasteiger partial charge in [-0.25, -0.2) is 0 Å². The van der Waals surface area contributed by atoms with E-state index in [2.05, 4.69) is 27.7 Å². The first-order valence-electron chi connectivity index (χ1n) is 6.42. The molecule has 0 aliphatic rings. The molecule has 1 rings (SSSR count). The lowest BCUT2D eigenvalue weighted by Gasteiger charge is -2.32. The molecule has 0 aliphatic heterocycles. The molecular formula is C15H22Cl2O. The molecule has 0 fully saturated rings. The second-order valence-electron chi connectivity index (χ2n) is 5.86. The van der Waals surface area contributed by atoms with Gasteiger partial charge < -0.3 is 5.11 Å². The Hall–Kier alpha value is -0.240. The molecular weight excluding hydrogens is 267 g/mol. The standard InChI is InChI=1S/C15H22Cl2O/c1-10(2)8-15(18,9-11(3)4)12-5-6-13(16)14(17)7-12/h5-7,10-11,18H,8-9H2,1-4H3. The van der Waals surface area contributed by atoms with Crippen molar-refractivity contribution in [3.05, 3.63) is 33.8 Å². The molecule has 0 bridgehead atoms. The van der Waals surface area contributed by atoms with E-state index in [1.807, 2.05) is 6.07 Å². The molecule has 0 atom stereocenters. The molecule has 1 N–H and O–H groups in total. The molecule has 0 saturated carbocycles. The molecule has 0 radical (unpaired) electrons. The Morgan fingerprint density at radius 1 is 1.00 bits per heavy atom. The largest absolute Gasteiger partial charge is 0.385 e. The van der Waals surface area contributed by atoms with Crippen LogP contribution in [0, 0.1) is 11.8 Å². The van der Waals surface area contributed by atoms with Crippen LogP contribution < -0.4 is 0 Å². The molecule has 102 valence electrons. The van der Waals surface area contributed by atoms with Crippen LogP contribution in [0.1, 0.15) is 46.1 Å². The van der Waals surface area contributed by atoms with Gasteiger partial charge in [0.05, 0.1) is 15.6 Å². The third kappa shape index (κ3) is 4.15. The molecule has 1 nitrogen and oxygen atoms in total. The quantitative estimate of drug-likeness (QED) is 0.782. The van der Waals surface area contributed by atoms with E-state index in [-0.39, 0.29) is 0 Å². The highest BCUT2D eigenvalue weighted by atomic mass is 35.5. The van der Waals surface area contributed by atoms with Gasteiger partial charge in [0.15, 0.2) is 0 Å². The number of hydrogen-bond acceptors (Lipinski definition) is 1. The number of hydrogen-bond donors (Lipinski definition) is 1. The summed E-state index contributed by atoms with van der Waals surface area (Å²) in [4.78, 5) is 0. The lowest BCUT2D eigenvalue weighted by atomic mass is 9.80. The second-order valence-corrected chi connectivity index (χ2v) is 6.67. The van der Waals surface area contributed by atoms with Crippen molar-refractivity contribution >= 4 is 23.2 Å². The van der Waals surface area contributed by atoms with Gasteiger partial charge in [0.1, 0.15) is 0 Å². The van der Waals surface area contributed by atoms with E-state index < -0.39 is 5.60 Å². The Kier molecular flexibility index (Phi) is 5.51. The van der Waals surface area contributed by atoms with E-state index >= 15 is 0 Å². The minimum Gasteiger partial charge on any atom is -0.385 e. The van der Waals surface area contributed by atoms with Gasteiger partial charge in [0.25, 0.3) is 0 Å². The Labute approximate surface area is 120 Å². The number of halogens is 2. The van der Waals surface area contributed by atoms with Crippen LogP contribution in [0.5, 0.6) is 0 Å². The molecule has 0 saturated heterocycles. The zero-order valence-corrected chi connectivity index (χ0v) is 13.0. The minimum absolute atomic E-state index is 0.420. The Bertz CT molecular complexity index is 389. The van der Waals surface area contributed by atoms with Crippen LogP contribution in [-0.2, 0) is 5.60 Å². The molecule has 0 amide bonds. The van der Waals surface area contributed by atoms with E-state index in [4.69, 9.17) is 23.2 Å². The van der Waals surface area contributed by atoms with Crippen molar-refractivity contribution in [2.24, 2.45) is 11.8 Å². The summed E-state index contributed by atoms with van der Waals surface area (Å²) in [6, 6.07) is 5.42. The van der Waals surface area contributed by atoms with Gasteiger partial charge in [-0.05, 0) is 42.4 Å². The summed E-state index contributed by atoms with van der Waals surface area (Å²) in [5.74, 6) is 0.839. The second kappa shape index (κ2) is 6.27. The number of benzene rings is 1. The van der Waals surface area contributed by atoms with Crippen molar-refractivity contribution in [3.63, 3.8) is 0 Å². The molecule has 0 aromatic heterocycles. The van der Waals surface area contributed by atoms with Crippen molar-refractivity contribution in [1.82, 2.24) is 0 Å². The summed E-state index contributed by atoms with van der Waals surface area (Å²) in [6.07, 6.45) is 1.45.